The molecule has 0 fully saturated rings. The minimum atomic E-state index is -0.579. The fourth-order valence-corrected chi connectivity index (χ4v) is 2.96. The van der Waals surface area contributed by atoms with Crippen molar-refractivity contribution in [2.75, 3.05) is 6.61 Å². The lowest BCUT2D eigenvalue weighted by molar-refractivity contribution is -0.123. The zero-order valence-corrected chi connectivity index (χ0v) is 13.8. The quantitative estimate of drug-likeness (QED) is 0.810. The summed E-state index contributed by atoms with van der Waals surface area (Å²) < 4.78 is 5.82. The molecule has 0 aliphatic rings. The molecule has 1 heterocycles. The van der Waals surface area contributed by atoms with Crippen molar-refractivity contribution in [3.8, 4) is 11.8 Å². The molecular weight excluding hydrogens is 361 g/mol. The van der Waals surface area contributed by atoms with Crippen LogP contribution in [0.4, 0.5) is 0 Å². The average molecular weight is 370 g/mol. The van der Waals surface area contributed by atoms with E-state index in [1.165, 1.54) is 6.07 Å². The van der Waals surface area contributed by atoms with Crippen LogP contribution in [-0.4, -0.2) is 18.4 Å². The Kier molecular flexibility index (Phi) is 5.82. The van der Waals surface area contributed by atoms with Gasteiger partial charge in [-0.25, -0.2) is 0 Å². The summed E-state index contributed by atoms with van der Waals surface area (Å²) in [6.07, 6.45) is 0. The van der Waals surface area contributed by atoms with Gasteiger partial charge in [0.15, 0.2) is 6.61 Å². The van der Waals surface area contributed by atoms with Gasteiger partial charge < -0.3 is 4.74 Å². The number of ether oxygens (including phenoxy) is 1. The van der Waals surface area contributed by atoms with Gasteiger partial charge in [0.05, 0.1) is 21.5 Å². The van der Waals surface area contributed by atoms with Gasteiger partial charge in [-0.1, -0.05) is 23.2 Å². The molecular formula is C14H9Cl2N3O3S. The van der Waals surface area contributed by atoms with Gasteiger partial charge in [0.2, 0.25) is 0 Å². The van der Waals surface area contributed by atoms with Gasteiger partial charge in [0.1, 0.15) is 10.1 Å². The molecule has 1 aromatic carbocycles. The van der Waals surface area contributed by atoms with Crippen molar-refractivity contribution in [1.29, 1.82) is 5.26 Å². The maximum atomic E-state index is 11.8. The maximum absolute atomic E-state index is 11.8. The average Bonchev–Trinajstić information content (AvgIpc) is 2.89. The molecule has 0 bridgehead atoms. The van der Waals surface area contributed by atoms with Crippen LogP contribution < -0.4 is 15.6 Å². The summed E-state index contributed by atoms with van der Waals surface area (Å²) in [4.78, 5) is 23.4. The van der Waals surface area contributed by atoms with Crippen molar-refractivity contribution in [2.45, 2.75) is 0 Å². The highest BCUT2D eigenvalue weighted by atomic mass is 35.5. The lowest BCUT2D eigenvalue weighted by atomic mass is 10.2. The van der Waals surface area contributed by atoms with Crippen LogP contribution in [0.3, 0.4) is 0 Å². The Hall–Kier alpha value is -2.27. The third kappa shape index (κ3) is 4.86. The number of carbonyl (C=O) groups excluding carboxylic acids is 2. The fraction of sp³-hybridized carbons (Fsp3) is 0.0714. The van der Waals surface area contributed by atoms with Crippen LogP contribution in [0.15, 0.2) is 30.3 Å². The third-order valence-corrected chi connectivity index (χ3v) is 4.06. The minimum absolute atomic E-state index is 0.176. The summed E-state index contributed by atoms with van der Waals surface area (Å²) in [5, 5.41) is 8.67. The van der Waals surface area contributed by atoms with Crippen LogP contribution >= 0.6 is 34.5 Å². The van der Waals surface area contributed by atoms with Crippen molar-refractivity contribution in [1.82, 2.24) is 10.9 Å². The normalized spacial score (nSPS) is 9.78. The Bertz CT molecular complexity index is 769. The van der Waals surface area contributed by atoms with E-state index in [4.69, 9.17) is 33.2 Å². The fourth-order valence-electron chi connectivity index (χ4n) is 1.50. The molecule has 2 amide bonds. The second-order valence-corrected chi connectivity index (χ2v) is 6.45. The number of hydrogen-bond acceptors (Lipinski definition) is 5. The topological polar surface area (TPSA) is 91.2 Å². The molecule has 0 radical (unpaired) electrons. The van der Waals surface area contributed by atoms with Gasteiger partial charge in [0.25, 0.3) is 11.8 Å². The number of thiophene rings is 1. The first-order valence-corrected chi connectivity index (χ1v) is 7.74. The number of amides is 2. The van der Waals surface area contributed by atoms with Crippen molar-refractivity contribution in [3.05, 3.63) is 50.1 Å². The molecule has 2 aromatic rings. The van der Waals surface area contributed by atoms with Crippen molar-refractivity contribution in [2.24, 2.45) is 0 Å². The first kappa shape index (κ1) is 17.1. The number of hydrogen-bond donors (Lipinski definition) is 2. The van der Waals surface area contributed by atoms with E-state index in [9.17, 15) is 9.59 Å². The van der Waals surface area contributed by atoms with Crippen LogP contribution in [0, 0.1) is 11.3 Å². The highest BCUT2D eigenvalue weighted by Crippen LogP contribution is 2.30. The van der Waals surface area contributed by atoms with Crippen LogP contribution in [0.2, 0.25) is 8.67 Å². The summed E-state index contributed by atoms with van der Waals surface area (Å²) in [6.45, 7) is -0.301. The number of nitrogens with zero attached hydrogens (tertiary/aromatic N) is 1. The zero-order chi connectivity index (χ0) is 16.8. The van der Waals surface area contributed by atoms with Crippen molar-refractivity contribution in [3.63, 3.8) is 0 Å². The van der Waals surface area contributed by atoms with E-state index in [1.54, 1.807) is 24.3 Å². The zero-order valence-electron chi connectivity index (χ0n) is 11.4. The second-order valence-electron chi connectivity index (χ2n) is 4.17. The molecule has 0 aliphatic heterocycles. The monoisotopic (exact) mass is 369 g/mol. The van der Waals surface area contributed by atoms with Crippen molar-refractivity contribution >= 4 is 46.4 Å². The molecule has 0 unspecified atom stereocenters. The van der Waals surface area contributed by atoms with Gasteiger partial charge >= 0.3 is 0 Å². The third-order valence-electron chi connectivity index (χ3n) is 2.57. The molecule has 6 nitrogen and oxygen atoms in total. The largest absolute Gasteiger partial charge is 0.484 e. The van der Waals surface area contributed by atoms with Gasteiger partial charge in [-0.15, -0.1) is 11.3 Å². The second kappa shape index (κ2) is 7.83. The first-order chi connectivity index (χ1) is 11.0. The molecule has 1 aromatic heterocycles. The highest BCUT2D eigenvalue weighted by Gasteiger charge is 2.14. The molecule has 2 N–H and O–H groups in total. The minimum Gasteiger partial charge on any atom is -0.484 e. The number of rotatable bonds is 4. The van der Waals surface area contributed by atoms with E-state index in [-0.39, 0.29) is 16.5 Å². The molecule has 9 heteroatoms. The molecule has 118 valence electrons. The van der Waals surface area contributed by atoms with Crippen LogP contribution in [0.1, 0.15) is 15.9 Å². The van der Waals surface area contributed by atoms with Gasteiger partial charge in [-0.3, -0.25) is 20.4 Å². The molecule has 0 spiro atoms. The predicted molar refractivity (Wildman–Crippen MR) is 86.6 cm³/mol. The number of carbonyl (C=O) groups is 2. The predicted octanol–water partition coefficient (Wildman–Crippen LogP) is 2.77. The lowest BCUT2D eigenvalue weighted by Gasteiger charge is -2.08. The number of benzene rings is 1. The van der Waals surface area contributed by atoms with Gasteiger partial charge in [-0.2, -0.15) is 5.26 Å². The molecule has 0 saturated heterocycles. The van der Waals surface area contributed by atoms with E-state index in [0.717, 1.165) is 11.3 Å². The highest BCUT2D eigenvalue weighted by molar-refractivity contribution is 7.20. The Morgan fingerprint density at radius 3 is 2.48 bits per heavy atom. The van der Waals surface area contributed by atoms with E-state index >= 15 is 0 Å². The summed E-state index contributed by atoms with van der Waals surface area (Å²) in [5.74, 6) is -0.705. The van der Waals surface area contributed by atoms with Crippen LogP contribution in [0.25, 0.3) is 0 Å². The van der Waals surface area contributed by atoms with E-state index in [1.807, 2.05) is 6.07 Å². The standard InChI is InChI=1S/C14H9Cl2N3O3S/c15-11-5-10(13(16)23-11)14(21)19-18-12(20)7-22-9-3-1-8(6-17)2-4-9/h1-5H,7H2,(H,18,20)(H,19,21). The summed E-state index contributed by atoms with van der Waals surface area (Å²) in [7, 11) is 0. The number of hydrazine groups is 1. The van der Waals surface area contributed by atoms with Crippen LogP contribution in [-0.2, 0) is 4.79 Å². The molecule has 23 heavy (non-hydrogen) atoms. The Labute approximate surface area is 145 Å². The molecule has 0 saturated carbocycles. The van der Waals surface area contributed by atoms with E-state index < -0.39 is 11.8 Å². The number of nitriles is 1. The van der Waals surface area contributed by atoms with Gasteiger partial charge in [-0.05, 0) is 30.3 Å². The van der Waals surface area contributed by atoms with Crippen molar-refractivity contribution < 1.29 is 14.3 Å². The molecule has 2 rings (SSSR count). The summed E-state index contributed by atoms with van der Waals surface area (Å²) in [6, 6.07) is 9.65. The Morgan fingerprint density at radius 2 is 1.91 bits per heavy atom. The lowest BCUT2D eigenvalue weighted by Crippen LogP contribution is -2.43. The van der Waals surface area contributed by atoms with Gasteiger partial charge in [0, 0.05) is 0 Å². The number of nitrogens with one attached hydrogen (secondary N) is 2. The molecule has 0 atom stereocenters. The number of halogens is 2. The van der Waals surface area contributed by atoms with Crippen LogP contribution in [0.5, 0.6) is 5.75 Å². The first-order valence-electron chi connectivity index (χ1n) is 6.16. The van der Waals surface area contributed by atoms with E-state index in [0.29, 0.717) is 15.6 Å². The molecule has 0 aliphatic carbocycles. The Balaban J connectivity index is 1.79. The Morgan fingerprint density at radius 1 is 1.22 bits per heavy atom. The van der Waals surface area contributed by atoms with E-state index in [2.05, 4.69) is 10.9 Å². The maximum Gasteiger partial charge on any atom is 0.276 e. The smallest absolute Gasteiger partial charge is 0.276 e. The summed E-state index contributed by atoms with van der Waals surface area (Å²) in [5.41, 5.74) is 5.07. The summed E-state index contributed by atoms with van der Waals surface area (Å²) >= 11 is 12.6. The SMILES string of the molecule is N#Cc1ccc(OCC(=O)NNC(=O)c2cc(Cl)sc2Cl)cc1.